The largest absolute Gasteiger partial charge is 0.383 e. The molecule has 2 heterocycles. The molecule has 2 aromatic carbocycles. The highest BCUT2D eigenvalue weighted by Crippen LogP contribution is 2.36. The Labute approximate surface area is 127 Å². The lowest BCUT2D eigenvalue weighted by atomic mass is 10.1. The Morgan fingerprint density at radius 3 is 2.71 bits per heavy atom. The molecule has 0 radical (unpaired) electrons. The smallest absolute Gasteiger partial charge is 0.233 e. The molecule has 1 aromatic heterocycles. The van der Waals surface area contributed by atoms with Gasteiger partial charge in [-0.05, 0) is 23.8 Å². The Balaban J connectivity index is 2.11. The molecular weight excluding hydrogens is 284 g/mol. The molecule has 0 saturated carbocycles. The highest BCUT2D eigenvalue weighted by molar-refractivity contribution is 6.32. The van der Waals surface area contributed by atoms with Crippen LogP contribution < -0.4 is 5.32 Å². The fourth-order valence-corrected chi connectivity index (χ4v) is 3.17. The maximum atomic E-state index is 12.5. The molecular formula is C17H13ClN2O. The van der Waals surface area contributed by atoms with Gasteiger partial charge in [0.25, 0.3) is 0 Å². The third-order valence-corrected chi connectivity index (χ3v) is 4.05. The third kappa shape index (κ3) is 1.93. The van der Waals surface area contributed by atoms with Gasteiger partial charge >= 0.3 is 0 Å². The number of aromatic nitrogens is 1. The minimum absolute atomic E-state index is 0.109. The first-order valence-corrected chi connectivity index (χ1v) is 7.29. The molecule has 4 heteroatoms. The van der Waals surface area contributed by atoms with Crippen LogP contribution in [-0.2, 0) is 0 Å². The van der Waals surface area contributed by atoms with E-state index >= 15 is 0 Å². The van der Waals surface area contributed by atoms with E-state index in [9.17, 15) is 4.79 Å². The number of nitrogens with zero attached hydrogens (tertiary/aromatic N) is 1. The van der Waals surface area contributed by atoms with Gasteiger partial charge in [-0.1, -0.05) is 41.9 Å². The first kappa shape index (κ1) is 12.5. The molecule has 0 unspecified atom stereocenters. The predicted molar refractivity (Wildman–Crippen MR) is 86.1 cm³/mol. The quantitative estimate of drug-likeness (QED) is 0.721. The highest BCUT2D eigenvalue weighted by atomic mass is 35.5. The van der Waals surface area contributed by atoms with Gasteiger partial charge in [-0.25, -0.2) is 0 Å². The molecule has 1 N–H and O–H groups in total. The average molecular weight is 297 g/mol. The Bertz CT molecular complexity index is 852. The first-order chi connectivity index (χ1) is 10.2. The van der Waals surface area contributed by atoms with Gasteiger partial charge in [0.2, 0.25) is 5.91 Å². The Morgan fingerprint density at radius 2 is 1.90 bits per heavy atom. The summed E-state index contributed by atoms with van der Waals surface area (Å²) in [6.45, 7) is 0.629. The number of rotatable bonds is 1. The molecule has 0 amide bonds. The molecule has 4 rings (SSSR count). The number of benzene rings is 2. The number of hydrogen-bond donors (Lipinski definition) is 1. The van der Waals surface area contributed by atoms with E-state index in [1.54, 1.807) is 0 Å². The summed E-state index contributed by atoms with van der Waals surface area (Å²) in [7, 11) is 0. The molecule has 1 aliphatic rings. The van der Waals surface area contributed by atoms with Gasteiger partial charge in [0.05, 0.1) is 16.9 Å². The van der Waals surface area contributed by atoms with Crippen molar-refractivity contribution in [2.45, 2.75) is 6.42 Å². The Hall–Kier alpha value is -2.26. The first-order valence-electron chi connectivity index (χ1n) is 6.91. The van der Waals surface area contributed by atoms with Crippen LogP contribution in [0, 0.1) is 0 Å². The predicted octanol–water partition coefficient (Wildman–Crippen LogP) is 4.42. The van der Waals surface area contributed by atoms with Gasteiger partial charge in [0.1, 0.15) is 0 Å². The lowest BCUT2D eigenvalue weighted by molar-refractivity contribution is 0.0916. The fourth-order valence-electron chi connectivity index (χ4n) is 2.94. The molecule has 104 valence electrons. The lowest BCUT2D eigenvalue weighted by Gasteiger charge is -2.08. The van der Waals surface area contributed by atoms with Crippen LogP contribution in [0.15, 0.2) is 48.5 Å². The van der Waals surface area contributed by atoms with Crippen LogP contribution in [0.2, 0.25) is 5.02 Å². The summed E-state index contributed by atoms with van der Waals surface area (Å²) in [6.07, 6.45) is 0.468. The lowest BCUT2D eigenvalue weighted by Crippen LogP contribution is -2.12. The van der Waals surface area contributed by atoms with Gasteiger partial charge in [-0.3, -0.25) is 9.36 Å². The molecule has 0 atom stereocenters. The number of carbonyl (C=O) groups excluding carboxylic acids is 1. The molecule has 3 nitrogen and oxygen atoms in total. The zero-order chi connectivity index (χ0) is 14.4. The summed E-state index contributed by atoms with van der Waals surface area (Å²) in [6, 6.07) is 15.8. The standard InChI is InChI=1S/C17H13ClN2O/c18-13-8-12-9-15(11-4-2-1-3-5-11)20-16(21)6-7-19-14(10-13)17(12)20/h1-5,8-10,19H,6-7H2. The number of anilines is 1. The maximum absolute atomic E-state index is 12.5. The van der Waals surface area contributed by atoms with Crippen molar-refractivity contribution in [3.8, 4) is 11.3 Å². The Kier molecular flexibility index (Phi) is 2.76. The second kappa shape index (κ2) is 4.64. The van der Waals surface area contributed by atoms with Crippen molar-refractivity contribution in [1.29, 1.82) is 0 Å². The number of hydrogen-bond acceptors (Lipinski definition) is 2. The normalized spacial score (nSPS) is 14.0. The van der Waals surface area contributed by atoms with Gasteiger partial charge in [-0.2, -0.15) is 0 Å². The van der Waals surface area contributed by atoms with Crippen LogP contribution in [0.1, 0.15) is 11.2 Å². The van der Waals surface area contributed by atoms with E-state index in [-0.39, 0.29) is 5.91 Å². The van der Waals surface area contributed by atoms with E-state index in [0.717, 1.165) is 27.8 Å². The molecule has 0 fully saturated rings. The van der Waals surface area contributed by atoms with Crippen LogP contribution in [0.25, 0.3) is 22.2 Å². The number of halogens is 1. The van der Waals surface area contributed by atoms with Crippen LogP contribution in [0.4, 0.5) is 5.69 Å². The summed E-state index contributed by atoms with van der Waals surface area (Å²) >= 11 is 6.19. The Morgan fingerprint density at radius 1 is 1.10 bits per heavy atom. The van der Waals surface area contributed by atoms with E-state index in [1.165, 1.54) is 0 Å². The van der Waals surface area contributed by atoms with Gasteiger partial charge in [0, 0.05) is 23.4 Å². The van der Waals surface area contributed by atoms with Crippen molar-refractivity contribution in [2.75, 3.05) is 11.9 Å². The summed E-state index contributed by atoms with van der Waals surface area (Å²) in [5, 5.41) is 4.96. The minimum Gasteiger partial charge on any atom is -0.383 e. The van der Waals surface area contributed by atoms with Crippen LogP contribution >= 0.6 is 11.6 Å². The average Bonchev–Trinajstić information content (AvgIpc) is 2.78. The minimum atomic E-state index is 0.109. The second-order valence-electron chi connectivity index (χ2n) is 5.19. The molecule has 21 heavy (non-hydrogen) atoms. The molecule has 0 saturated heterocycles. The van der Waals surface area contributed by atoms with Crippen molar-refractivity contribution in [3.05, 3.63) is 53.6 Å². The van der Waals surface area contributed by atoms with E-state index in [4.69, 9.17) is 11.6 Å². The fraction of sp³-hybridized carbons (Fsp3) is 0.118. The van der Waals surface area contributed by atoms with Crippen LogP contribution in [0.3, 0.4) is 0 Å². The maximum Gasteiger partial charge on any atom is 0.233 e. The zero-order valence-electron chi connectivity index (χ0n) is 11.3. The zero-order valence-corrected chi connectivity index (χ0v) is 12.0. The SMILES string of the molecule is O=C1CCNc2cc(Cl)cc3cc(-c4ccccc4)n1c23. The monoisotopic (exact) mass is 296 g/mol. The van der Waals surface area contributed by atoms with E-state index in [0.29, 0.717) is 18.0 Å². The van der Waals surface area contributed by atoms with Crippen molar-refractivity contribution in [1.82, 2.24) is 4.57 Å². The molecule has 0 spiro atoms. The van der Waals surface area contributed by atoms with Crippen molar-refractivity contribution in [2.24, 2.45) is 0 Å². The van der Waals surface area contributed by atoms with E-state index in [2.05, 4.69) is 5.32 Å². The van der Waals surface area contributed by atoms with Gasteiger partial charge in [-0.15, -0.1) is 0 Å². The number of nitrogens with one attached hydrogen (secondary N) is 1. The second-order valence-corrected chi connectivity index (χ2v) is 5.63. The van der Waals surface area contributed by atoms with Gasteiger partial charge < -0.3 is 5.32 Å². The van der Waals surface area contributed by atoms with Crippen LogP contribution in [0.5, 0.6) is 0 Å². The molecule has 0 aliphatic carbocycles. The molecule has 1 aliphatic heterocycles. The summed E-state index contributed by atoms with van der Waals surface area (Å²) in [4.78, 5) is 12.5. The summed E-state index contributed by atoms with van der Waals surface area (Å²) < 4.78 is 1.82. The molecule has 0 bridgehead atoms. The molecule has 3 aromatic rings. The highest BCUT2D eigenvalue weighted by Gasteiger charge is 2.21. The van der Waals surface area contributed by atoms with Crippen LogP contribution in [-0.4, -0.2) is 17.0 Å². The van der Waals surface area contributed by atoms with Gasteiger partial charge in [0.15, 0.2) is 0 Å². The summed E-state index contributed by atoms with van der Waals surface area (Å²) in [5.74, 6) is 0.109. The van der Waals surface area contributed by atoms with Crippen molar-refractivity contribution < 1.29 is 4.79 Å². The third-order valence-electron chi connectivity index (χ3n) is 3.83. The number of carbonyl (C=O) groups is 1. The topological polar surface area (TPSA) is 34.0 Å². The van der Waals surface area contributed by atoms with Crippen molar-refractivity contribution >= 4 is 34.1 Å². The van der Waals surface area contributed by atoms with E-state index in [1.807, 2.05) is 53.1 Å². The summed E-state index contributed by atoms with van der Waals surface area (Å²) in [5.41, 5.74) is 3.79. The van der Waals surface area contributed by atoms with E-state index < -0.39 is 0 Å². The van der Waals surface area contributed by atoms with Crippen molar-refractivity contribution in [3.63, 3.8) is 0 Å².